The van der Waals surface area contributed by atoms with Crippen LogP contribution in [0.5, 0.6) is 5.75 Å². The Kier molecular flexibility index (Phi) is 6.41. The molecule has 0 aliphatic carbocycles. The summed E-state index contributed by atoms with van der Waals surface area (Å²) in [5, 5.41) is 2.84. The molecule has 0 radical (unpaired) electrons. The van der Waals surface area contributed by atoms with Crippen molar-refractivity contribution in [3.63, 3.8) is 0 Å². The molecule has 3 rings (SSSR count). The summed E-state index contributed by atoms with van der Waals surface area (Å²) in [6.07, 6.45) is 0.931. The van der Waals surface area contributed by atoms with E-state index in [0.29, 0.717) is 18.6 Å². The second kappa shape index (κ2) is 8.98. The van der Waals surface area contributed by atoms with Crippen molar-refractivity contribution < 1.29 is 27.5 Å². The number of likely N-dealkylation sites (tertiary alicyclic amines) is 1. The normalized spacial score (nSPS) is 14.6. The van der Waals surface area contributed by atoms with Crippen molar-refractivity contribution in [3.05, 3.63) is 65.0 Å². The maximum atomic E-state index is 13.8. The Morgan fingerprint density at radius 3 is 2.34 bits per heavy atom. The minimum Gasteiger partial charge on any atom is -0.484 e. The van der Waals surface area contributed by atoms with Crippen LogP contribution in [0, 0.1) is 24.4 Å². The average molecular weight is 406 g/mol. The third-order valence-electron chi connectivity index (χ3n) is 4.80. The number of hydrogen-bond acceptors (Lipinski definition) is 3. The number of carbonyl (C=O) groups is 2. The minimum absolute atomic E-state index is 0.123. The fourth-order valence-electron chi connectivity index (χ4n) is 3.14. The van der Waals surface area contributed by atoms with Gasteiger partial charge in [-0.05, 0) is 44.0 Å². The van der Waals surface area contributed by atoms with Crippen LogP contribution in [0.25, 0.3) is 0 Å². The Labute approximate surface area is 166 Å². The van der Waals surface area contributed by atoms with Crippen molar-refractivity contribution in [1.29, 1.82) is 0 Å². The molecule has 29 heavy (non-hydrogen) atoms. The van der Waals surface area contributed by atoms with Gasteiger partial charge in [0.15, 0.2) is 24.1 Å². The van der Waals surface area contributed by atoms with E-state index in [2.05, 4.69) is 5.32 Å². The number of rotatable bonds is 5. The lowest BCUT2D eigenvalue weighted by molar-refractivity contribution is -0.124. The Bertz CT molecular complexity index is 895. The Morgan fingerprint density at radius 2 is 1.69 bits per heavy atom. The van der Waals surface area contributed by atoms with E-state index in [1.54, 1.807) is 12.1 Å². The monoisotopic (exact) mass is 406 g/mol. The van der Waals surface area contributed by atoms with Crippen molar-refractivity contribution in [3.8, 4) is 5.75 Å². The Hall–Kier alpha value is -3.03. The highest BCUT2D eigenvalue weighted by atomic mass is 19.2. The summed E-state index contributed by atoms with van der Waals surface area (Å²) in [5.41, 5.74) is 0.587. The molecule has 1 N–H and O–H groups in total. The summed E-state index contributed by atoms with van der Waals surface area (Å²) in [6, 6.07) is 8.85. The first-order valence-electron chi connectivity index (χ1n) is 9.26. The maximum Gasteiger partial charge on any atom is 0.258 e. The van der Waals surface area contributed by atoms with Crippen LogP contribution in [0.1, 0.15) is 28.8 Å². The van der Waals surface area contributed by atoms with Crippen molar-refractivity contribution in [2.45, 2.75) is 25.8 Å². The number of hydrogen-bond donors (Lipinski definition) is 1. The van der Waals surface area contributed by atoms with Crippen molar-refractivity contribution >= 4 is 11.8 Å². The number of piperidine rings is 1. The van der Waals surface area contributed by atoms with Crippen molar-refractivity contribution in [2.24, 2.45) is 0 Å². The molecule has 2 aromatic carbocycles. The molecule has 1 heterocycles. The number of benzene rings is 2. The predicted molar refractivity (Wildman–Crippen MR) is 100 cm³/mol. The molecule has 1 saturated heterocycles. The number of halogens is 3. The summed E-state index contributed by atoms with van der Waals surface area (Å²) in [6.45, 7) is 2.36. The topological polar surface area (TPSA) is 58.6 Å². The summed E-state index contributed by atoms with van der Waals surface area (Å²) in [5.74, 6) is -4.87. The fourth-order valence-corrected chi connectivity index (χ4v) is 3.14. The van der Waals surface area contributed by atoms with E-state index in [1.165, 1.54) is 4.90 Å². The number of aryl methyl sites for hydroxylation is 1. The predicted octanol–water partition coefficient (Wildman–Crippen LogP) is 3.21. The summed E-state index contributed by atoms with van der Waals surface area (Å²) in [7, 11) is 0. The van der Waals surface area contributed by atoms with E-state index < -0.39 is 28.9 Å². The van der Waals surface area contributed by atoms with E-state index >= 15 is 0 Å². The van der Waals surface area contributed by atoms with Gasteiger partial charge in [-0.1, -0.05) is 17.7 Å². The van der Waals surface area contributed by atoms with Gasteiger partial charge in [-0.2, -0.15) is 0 Å². The number of amides is 2. The summed E-state index contributed by atoms with van der Waals surface area (Å²) in [4.78, 5) is 25.8. The zero-order chi connectivity index (χ0) is 21.0. The van der Waals surface area contributed by atoms with E-state index in [1.807, 2.05) is 19.1 Å². The van der Waals surface area contributed by atoms with Gasteiger partial charge in [0.1, 0.15) is 5.75 Å². The summed E-state index contributed by atoms with van der Waals surface area (Å²) >= 11 is 0. The lowest BCUT2D eigenvalue weighted by Gasteiger charge is -2.32. The molecule has 0 saturated carbocycles. The van der Waals surface area contributed by atoms with E-state index in [-0.39, 0.29) is 31.6 Å². The zero-order valence-electron chi connectivity index (χ0n) is 15.9. The van der Waals surface area contributed by atoms with Crippen molar-refractivity contribution in [1.82, 2.24) is 10.2 Å². The number of nitrogens with zero attached hydrogens (tertiary/aromatic N) is 1. The van der Waals surface area contributed by atoms with Crippen LogP contribution in [-0.2, 0) is 4.79 Å². The van der Waals surface area contributed by atoms with Gasteiger partial charge in [0, 0.05) is 19.1 Å². The molecule has 0 unspecified atom stereocenters. The van der Waals surface area contributed by atoms with Crippen LogP contribution in [0.15, 0.2) is 36.4 Å². The highest BCUT2D eigenvalue weighted by Crippen LogP contribution is 2.19. The second-order valence-electron chi connectivity index (χ2n) is 6.96. The first kappa shape index (κ1) is 20.7. The smallest absolute Gasteiger partial charge is 0.258 e. The third kappa shape index (κ3) is 5.07. The van der Waals surface area contributed by atoms with E-state index in [4.69, 9.17) is 4.74 Å². The lowest BCUT2D eigenvalue weighted by atomic mass is 10.0. The highest BCUT2D eigenvalue weighted by Gasteiger charge is 2.27. The lowest BCUT2D eigenvalue weighted by Crippen LogP contribution is -2.47. The molecular formula is C21H21F3N2O3. The quantitative estimate of drug-likeness (QED) is 0.776. The molecule has 5 nitrogen and oxygen atoms in total. The molecule has 1 aliphatic rings. The molecule has 2 aromatic rings. The largest absolute Gasteiger partial charge is 0.484 e. The molecule has 1 fully saturated rings. The van der Waals surface area contributed by atoms with Gasteiger partial charge in [-0.3, -0.25) is 9.59 Å². The molecule has 0 aromatic heterocycles. The average Bonchev–Trinajstić information content (AvgIpc) is 2.72. The van der Waals surface area contributed by atoms with Gasteiger partial charge in [0.05, 0.1) is 5.56 Å². The molecule has 0 atom stereocenters. The van der Waals surface area contributed by atoms with Crippen LogP contribution >= 0.6 is 0 Å². The zero-order valence-corrected chi connectivity index (χ0v) is 15.9. The second-order valence-corrected chi connectivity index (χ2v) is 6.96. The number of carbonyl (C=O) groups excluding carboxylic acids is 2. The molecule has 1 aliphatic heterocycles. The SMILES string of the molecule is Cc1ccc(OCC(=O)NC2CCN(C(=O)c3ccc(F)c(F)c3F)CC2)cc1. The molecule has 0 bridgehead atoms. The standard InChI is InChI=1S/C21H21F3N2O3/c1-13-2-4-15(5-3-13)29-12-18(27)25-14-8-10-26(11-9-14)21(28)16-6-7-17(22)20(24)19(16)23/h2-7,14H,8-12H2,1H3,(H,25,27). The van der Waals surface area contributed by atoms with Crippen molar-refractivity contribution in [2.75, 3.05) is 19.7 Å². The van der Waals surface area contributed by atoms with Gasteiger partial charge >= 0.3 is 0 Å². The van der Waals surface area contributed by atoms with Gasteiger partial charge in [-0.25, -0.2) is 13.2 Å². The van der Waals surface area contributed by atoms with Crippen LogP contribution in [0.2, 0.25) is 0 Å². The van der Waals surface area contributed by atoms with Crippen LogP contribution < -0.4 is 10.1 Å². The first-order valence-corrected chi connectivity index (χ1v) is 9.26. The molecular weight excluding hydrogens is 385 g/mol. The van der Waals surface area contributed by atoms with Gasteiger partial charge in [0.25, 0.3) is 11.8 Å². The van der Waals surface area contributed by atoms with Gasteiger partial charge in [-0.15, -0.1) is 0 Å². The maximum absolute atomic E-state index is 13.8. The van der Waals surface area contributed by atoms with Gasteiger partial charge < -0.3 is 15.0 Å². The molecule has 2 amide bonds. The number of nitrogens with one attached hydrogen (secondary N) is 1. The third-order valence-corrected chi connectivity index (χ3v) is 4.80. The van der Waals surface area contributed by atoms with Crippen LogP contribution in [0.4, 0.5) is 13.2 Å². The summed E-state index contributed by atoms with van der Waals surface area (Å²) < 4.78 is 45.7. The highest BCUT2D eigenvalue weighted by molar-refractivity contribution is 5.94. The van der Waals surface area contributed by atoms with Gasteiger partial charge in [0.2, 0.25) is 0 Å². The molecule has 8 heteroatoms. The Morgan fingerprint density at radius 1 is 1.03 bits per heavy atom. The van der Waals surface area contributed by atoms with E-state index in [0.717, 1.165) is 17.7 Å². The first-order chi connectivity index (χ1) is 13.8. The minimum atomic E-state index is -1.66. The fraction of sp³-hybridized carbons (Fsp3) is 0.333. The molecule has 0 spiro atoms. The Balaban J connectivity index is 1.47. The van der Waals surface area contributed by atoms with Crippen LogP contribution in [-0.4, -0.2) is 42.5 Å². The van der Waals surface area contributed by atoms with Crippen LogP contribution in [0.3, 0.4) is 0 Å². The van der Waals surface area contributed by atoms with E-state index in [9.17, 15) is 22.8 Å². The number of ether oxygens (including phenoxy) is 1. The molecule has 154 valence electrons.